The number of nitrogens with one attached hydrogen (secondary N) is 1. The molecule has 0 radical (unpaired) electrons. The number of alkyl halides is 2. The Balaban J connectivity index is 2.86. The Morgan fingerprint density at radius 3 is 2.77 bits per heavy atom. The molecule has 1 amide bonds. The summed E-state index contributed by atoms with van der Waals surface area (Å²) >= 11 is 10.0. The average molecular weight is 442 g/mol. The van der Waals surface area contributed by atoms with Crippen molar-refractivity contribution in [2.75, 3.05) is 5.43 Å². The van der Waals surface area contributed by atoms with Crippen molar-refractivity contribution in [1.82, 2.24) is 4.68 Å². The molecule has 0 atom stereocenters. The lowest BCUT2D eigenvalue weighted by atomic mass is 10.7. The van der Waals surface area contributed by atoms with Gasteiger partial charge < -0.3 is 5.11 Å². The minimum Gasteiger partial charge on any atom is -0.493 e. The quantitative estimate of drug-likeness (QED) is 0.420. The molecule has 0 aliphatic carbocycles. The van der Waals surface area contributed by atoms with E-state index in [9.17, 15) is 9.90 Å². The first-order valence-corrected chi connectivity index (χ1v) is 6.79. The van der Waals surface area contributed by atoms with Gasteiger partial charge in [-0.2, -0.15) is 4.68 Å². The second-order valence-electron chi connectivity index (χ2n) is 1.97. The van der Waals surface area contributed by atoms with Crippen LogP contribution in [-0.2, 0) is 4.79 Å². The van der Waals surface area contributed by atoms with Crippen LogP contribution in [0.1, 0.15) is 0 Å². The van der Waals surface area contributed by atoms with Gasteiger partial charge in [-0.15, -0.1) is 11.3 Å². The smallest absolute Gasteiger partial charge is 0.261 e. The number of aromatic hydroxyl groups is 1. The maximum atomic E-state index is 11.2. The number of halogens is 2. The minimum atomic E-state index is -0.203. The van der Waals surface area contributed by atoms with Crippen LogP contribution in [0.5, 0.6) is 5.88 Å². The summed E-state index contributed by atoms with van der Waals surface area (Å²) in [5, 5.41) is 10.7. The highest BCUT2D eigenvalue weighted by molar-refractivity contribution is 14.2. The molecular weight excluding hydrogens is 438 g/mol. The number of hydrogen-bond donors (Lipinski definition) is 2. The number of hydrogen-bond acceptors (Lipinski definition) is 4. The normalized spacial score (nSPS) is 10.4. The third kappa shape index (κ3) is 3.02. The van der Waals surface area contributed by atoms with E-state index >= 15 is 0 Å². The molecule has 0 fully saturated rings. The molecule has 0 aliphatic rings. The van der Waals surface area contributed by atoms with Gasteiger partial charge in [0.1, 0.15) is 1.93 Å². The lowest BCUT2D eigenvalue weighted by Crippen LogP contribution is -2.26. The Morgan fingerprint density at radius 1 is 1.77 bits per heavy atom. The van der Waals surface area contributed by atoms with Crippen LogP contribution in [-0.4, -0.2) is 17.6 Å². The van der Waals surface area contributed by atoms with Gasteiger partial charge in [-0.05, 0) is 12.2 Å². The maximum absolute atomic E-state index is 11.2. The lowest BCUT2D eigenvalue weighted by molar-refractivity contribution is -0.114. The molecule has 0 aliphatic heterocycles. The van der Waals surface area contributed by atoms with E-state index in [1.807, 2.05) is 45.2 Å². The van der Waals surface area contributed by atoms with Crippen molar-refractivity contribution in [3.05, 3.63) is 9.33 Å². The summed E-state index contributed by atoms with van der Waals surface area (Å²) in [6.07, 6.45) is 0. The van der Waals surface area contributed by atoms with E-state index < -0.39 is 0 Å². The fourth-order valence-corrected chi connectivity index (χ4v) is 1.68. The molecule has 72 valence electrons. The molecule has 2 N–H and O–H groups in total. The standard InChI is InChI=1S/C5H4I2N2O2S2/c6-3(7)4(11)8-9-2(10)1-13-5(9)12/h1,3,10H,(H,8,11). The van der Waals surface area contributed by atoms with Crippen LogP contribution in [0.15, 0.2) is 5.38 Å². The van der Waals surface area contributed by atoms with Crippen LogP contribution in [0.3, 0.4) is 0 Å². The summed E-state index contributed by atoms with van der Waals surface area (Å²) in [5.74, 6) is -0.247. The first-order valence-electron chi connectivity index (χ1n) is 3.01. The van der Waals surface area contributed by atoms with E-state index in [0.29, 0.717) is 3.95 Å². The molecule has 1 heterocycles. The number of nitrogens with zero attached hydrogens (tertiary/aromatic N) is 1. The van der Waals surface area contributed by atoms with Gasteiger partial charge in [0.2, 0.25) is 5.88 Å². The van der Waals surface area contributed by atoms with Crippen LogP contribution >= 0.6 is 68.7 Å². The van der Waals surface area contributed by atoms with E-state index in [0.717, 1.165) is 0 Å². The lowest BCUT2D eigenvalue weighted by Gasteiger charge is -2.06. The van der Waals surface area contributed by atoms with E-state index in [-0.39, 0.29) is 13.7 Å². The molecule has 1 aromatic rings. The van der Waals surface area contributed by atoms with Crippen molar-refractivity contribution >= 4 is 74.6 Å². The van der Waals surface area contributed by atoms with Gasteiger partial charge in [-0.1, -0.05) is 45.2 Å². The summed E-state index contributed by atoms with van der Waals surface area (Å²) < 4.78 is 1.41. The Kier molecular flexibility index (Phi) is 4.38. The van der Waals surface area contributed by atoms with Gasteiger partial charge in [0.25, 0.3) is 5.91 Å². The molecule has 0 unspecified atom stereocenters. The molecule has 0 saturated carbocycles. The molecular formula is C5H4I2N2O2S2. The molecule has 4 nitrogen and oxygen atoms in total. The summed E-state index contributed by atoms with van der Waals surface area (Å²) in [7, 11) is 0. The van der Waals surface area contributed by atoms with Crippen molar-refractivity contribution in [3.8, 4) is 5.88 Å². The van der Waals surface area contributed by atoms with Crippen LogP contribution in [0.2, 0.25) is 0 Å². The third-order valence-electron chi connectivity index (χ3n) is 1.10. The average Bonchev–Trinajstić information content (AvgIpc) is 2.35. The number of thiazole rings is 1. The predicted octanol–water partition coefficient (Wildman–Crippen LogP) is 2.25. The first kappa shape index (κ1) is 11.7. The number of rotatable bonds is 2. The second-order valence-corrected chi connectivity index (χ2v) is 8.35. The Hall–Kier alpha value is 0.580. The zero-order chi connectivity index (χ0) is 10.0. The Bertz CT molecular complexity index is 373. The van der Waals surface area contributed by atoms with E-state index in [2.05, 4.69) is 5.43 Å². The van der Waals surface area contributed by atoms with Crippen molar-refractivity contribution in [3.63, 3.8) is 0 Å². The largest absolute Gasteiger partial charge is 0.493 e. The van der Waals surface area contributed by atoms with Gasteiger partial charge in [-0.25, -0.2) is 0 Å². The molecule has 1 rings (SSSR count). The van der Waals surface area contributed by atoms with E-state index in [1.165, 1.54) is 21.4 Å². The van der Waals surface area contributed by atoms with Gasteiger partial charge in [-0.3, -0.25) is 10.2 Å². The summed E-state index contributed by atoms with van der Waals surface area (Å²) in [4.78, 5) is 11.2. The van der Waals surface area contributed by atoms with Crippen molar-refractivity contribution in [1.29, 1.82) is 0 Å². The molecule has 8 heteroatoms. The topological polar surface area (TPSA) is 54.3 Å². The van der Waals surface area contributed by atoms with Crippen LogP contribution < -0.4 is 5.43 Å². The third-order valence-corrected chi connectivity index (χ3v) is 3.41. The molecule has 0 bridgehead atoms. The highest BCUT2D eigenvalue weighted by atomic mass is 127. The fourth-order valence-electron chi connectivity index (χ4n) is 0.564. The maximum Gasteiger partial charge on any atom is 0.261 e. The SMILES string of the molecule is O=C(Nn1c(O)csc1=S)C(I)I. The molecule has 0 spiro atoms. The minimum absolute atomic E-state index is 0.0446. The van der Waals surface area contributed by atoms with Gasteiger partial charge in [0.05, 0.1) is 5.38 Å². The van der Waals surface area contributed by atoms with E-state index in [4.69, 9.17) is 12.2 Å². The van der Waals surface area contributed by atoms with Gasteiger partial charge in [0.15, 0.2) is 3.95 Å². The zero-order valence-electron chi connectivity index (χ0n) is 6.03. The summed E-state index contributed by atoms with van der Waals surface area (Å²) in [5.41, 5.74) is 2.48. The number of aromatic nitrogens is 1. The molecule has 0 saturated heterocycles. The van der Waals surface area contributed by atoms with Crippen molar-refractivity contribution < 1.29 is 9.90 Å². The highest BCUT2D eigenvalue weighted by Crippen LogP contribution is 2.16. The van der Waals surface area contributed by atoms with Crippen LogP contribution in [0.4, 0.5) is 0 Å². The van der Waals surface area contributed by atoms with Gasteiger partial charge >= 0.3 is 0 Å². The van der Waals surface area contributed by atoms with Crippen molar-refractivity contribution in [2.45, 2.75) is 1.93 Å². The first-order chi connectivity index (χ1) is 6.02. The van der Waals surface area contributed by atoms with E-state index in [1.54, 1.807) is 0 Å². The molecule has 1 aromatic heterocycles. The molecule has 13 heavy (non-hydrogen) atoms. The Labute approximate surface area is 111 Å². The van der Waals surface area contributed by atoms with Crippen LogP contribution in [0, 0.1) is 3.95 Å². The number of carbonyl (C=O) groups is 1. The zero-order valence-corrected chi connectivity index (χ0v) is 12.0. The van der Waals surface area contributed by atoms with Gasteiger partial charge in [0, 0.05) is 0 Å². The monoisotopic (exact) mass is 442 g/mol. The Morgan fingerprint density at radius 2 is 2.38 bits per heavy atom. The molecule has 0 aromatic carbocycles. The highest BCUT2D eigenvalue weighted by Gasteiger charge is 2.12. The van der Waals surface area contributed by atoms with Crippen LogP contribution in [0.25, 0.3) is 0 Å². The predicted molar refractivity (Wildman–Crippen MR) is 71.0 cm³/mol. The number of carbonyl (C=O) groups excluding carboxylic acids is 1. The van der Waals surface area contributed by atoms with Crippen molar-refractivity contribution in [2.24, 2.45) is 0 Å². The fraction of sp³-hybridized carbons (Fsp3) is 0.200. The summed E-state index contributed by atoms with van der Waals surface area (Å²) in [6.45, 7) is 0. The number of amides is 1. The summed E-state index contributed by atoms with van der Waals surface area (Å²) in [6, 6.07) is 0. The second kappa shape index (κ2) is 4.89.